The molecule has 114 valence electrons. The highest BCUT2D eigenvalue weighted by Crippen LogP contribution is 2.35. The van der Waals surface area contributed by atoms with Crippen LogP contribution in [-0.2, 0) is 11.3 Å². The highest BCUT2D eigenvalue weighted by molar-refractivity contribution is 6.16. The zero-order valence-electron chi connectivity index (χ0n) is 12.5. The number of benzene rings is 2. The molecule has 1 aliphatic rings. The SMILES string of the molecule is Oc1[nH]c(-c2ccccc2)c2c1C(c1ccccc1)=NCOC2. The maximum Gasteiger partial charge on any atom is 0.198 e. The number of rotatable bonds is 2. The van der Waals surface area contributed by atoms with Crippen molar-refractivity contribution in [2.24, 2.45) is 4.99 Å². The maximum absolute atomic E-state index is 10.5. The molecule has 1 aliphatic heterocycles. The molecule has 3 aromatic rings. The Morgan fingerprint density at radius 1 is 0.913 bits per heavy atom. The second kappa shape index (κ2) is 5.74. The topological polar surface area (TPSA) is 57.6 Å². The largest absolute Gasteiger partial charge is 0.494 e. The Hall–Kier alpha value is -2.85. The van der Waals surface area contributed by atoms with Gasteiger partial charge >= 0.3 is 0 Å². The Morgan fingerprint density at radius 2 is 1.57 bits per heavy atom. The molecule has 0 amide bonds. The lowest BCUT2D eigenvalue weighted by Gasteiger charge is -2.06. The molecule has 4 nitrogen and oxygen atoms in total. The molecule has 0 radical (unpaired) electrons. The number of H-pyrrole nitrogens is 1. The number of aromatic nitrogens is 1. The van der Waals surface area contributed by atoms with Crippen molar-refractivity contribution in [1.29, 1.82) is 0 Å². The molecule has 4 rings (SSSR count). The molecular formula is C19H16N2O2. The van der Waals surface area contributed by atoms with Crippen molar-refractivity contribution < 1.29 is 9.84 Å². The fourth-order valence-corrected chi connectivity index (χ4v) is 2.94. The van der Waals surface area contributed by atoms with Crippen molar-refractivity contribution >= 4 is 5.71 Å². The second-order valence-electron chi connectivity index (χ2n) is 5.42. The van der Waals surface area contributed by atoms with Gasteiger partial charge in [0, 0.05) is 11.1 Å². The van der Waals surface area contributed by atoms with E-state index in [0.717, 1.165) is 33.7 Å². The number of aromatic hydroxyl groups is 1. The quantitative estimate of drug-likeness (QED) is 0.758. The van der Waals surface area contributed by atoms with Crippen LogP contribution >= 0.6 is 0 Å². The van der Waals surface area contributed by atoms with Crippen molar-refractivity contribution in [3.63, 3.8) is 0 Å². The predicted octanol–water partition coefficient (Wildman–Crippen LogP) is 3.71. The van der Waals surface area contributed by atoms with Crippen molar-refractivity contribution in [1.82, 2.24) is 4.98 Å². The zero-order valence-corrected chi connectivity index (χ0v) is 12.5. The van der Waals surface area contributed by atoms with E-state index >= 15 is 0 Å². The molecule has 2 aromatic carbocycles. The minimum Gasteiger partial charge on any atom is -0.494 e. The van der Waals surface area contributed by atoms with Crippen LogP contribution in [-0.4, -0.2) is 22.5 Å². The minimum atomic E-state index is 0.131. The number of aliphatic imine (C=N–C) groups is 1. The molecule has 2 heterocycles. The minimum absolute atomic E-state index is 0.131. The zero-order chi connectivity index (χ0) is 15.6. The third kappa shape index (κ3) is 2.43. The van der Waals surface area contributed by atoms with Gasteiger partial charge in [0.1, 0.15) is 6.73 Å². The van der Waals surface area contributed by atoms with Crippen LogP contribution in [0.3, 0.4) is 0 Å². The lowest BCUT2D eigenvalue weighted by Crippen LogP contribution is -2.04. The fourth-order valence-electron chi connectivity index (χ4n) is 2.94. The smallest absolute Gasteiger partial charge is 0.198 e. The highest BCUT2D eigenvalue weighted by atomic mass is 16.5. The molecule has 0 saturated carbocycles. The van der Waals surface area contributed by atoms with Gasteiger partial charge < -0.3 is 14.8 Å². The van der Waals surface area contributed by atoms with Gasteiger partial charge in [-0.25, -0.2) is 0 Å². The van der Waals surface area contributed by atoms with Crippen LogP contribution < -0.4 is 0 Å². The summed E-state index contributed by atoms with van der Waals surface area (Å²) in [7, 11) is 0. The number of fused-ring (bicyclic) bond motifs is 1. The molecule has 0 spiro atoms. The Morgan fingerprint density at radius 3 is 2.26 bits per heavy atom. The van der Waals surface area contributed by atoms with Crippen LogP contribution in [0.15, 0.2) is 65.7 Å². The van der Waals surface area contributed by atoms with E-state index in [4.69, 9.17) is 4.74 Å². The van der Waals surface area contributed by atoms with Crippen LogP contribution in [0.2, 0.25) is 0 Å². The molecule has 0 aliphatic carbocycles. The number of hydrogen-bond acceptors (Lipinski definition) is 3. The van der Waals surface area contributed by atoms with Gasteiger partial charge in [-0.3, -0.25) is 4.99 Å². The van der Waals surface area contributed by atoms with Crippen LogP contribution in [0.25, 0.3) is 11.3 Å². The summed E-state index contributed by atoms with van der Waals surface area (Å²) in [6.07, 6.45) is 0. The lowest BCUT2D eigenvalue weighted by atomic mass is 9.98. The van der Waals surface area contributed by atoms with E-state index in [9.17, 15) is 5.11 Å². The Bertz CT molecular complexity index is 852. The molecule has 23 heavy (non-hydrogen) atoms. The molecular weight excluding hydrogens is 288 g/mol. The first kappa shape index (κ1) is 13.8. The third-order valence-electron chi connectivity index (χ3n) is 3.99. The molecule has 4 heteroatoms. The van der Waals surface area contributed by atoms with E-state index in [-0.39, 0.29) is 12.6 Å². The van der Waals surface area contributed by atoms with Crippen molar-refractivity contribution in [2.45, 2.75) is 6.61 Å². The molecule has 1 aromatic heterocycles. The highest BCUT2D eigenvalue weighted by Gasteiger charge is 2.25. The van der Waals surface area contributed by atoms with E-state index < -0.39 is 0 Å². The number of nitrogens with zero attached hydrogens (tertiary/aromatic N) is 1. The van der Waals surface area contributed by atoms with Gasteiger partial charge in [0.2, 0.25) is 0 Å². The summed E-state index contributed by atoms with van der Waals surface area (Å²) < 4.78 is 5.63. The van der Waals surface area contributed by atoms with E-state index in [1.165, 1.54) is 0 Å². The van der Waals surface area contributed by atoms with E-state index in [0.29, 0.717) is 6.61 Å². The van der Waals surface area contributed by atoms with Crippen molar-refractivity contribution in [3.05, 3.63) is 77.4 Å². The first-order chi connectivity index (χ1) is 11.3. The summed E-state index contributed by atoms with van der Waals surface area (Å²) in [6.45, 7) is 0.697. The summed E-state index contributed by atoms with van der Waals surface area (Å²) in [4.78, 5) is 7.61. The van der Waals surface area contributed by atoms with E-state index in [1.807, 2.05) is 60.7 Å². The molecule has 0 fully saturated rings. The molecule has 2 N–H and O–H groups in total. The predicted molar refractivity (Wildman–Crippen MR) is 89.6 cm³/mol. The van der Waals surface area contributed by atoms with Gasteiger partial charge in [-0.05, 0) is 5.56 Å². The summed E-state index contributed by atoms with van der Waals surface area (Å²) in [6, 6.07) is 19.8. The number of ether oxygens (including phenoxy) is 1. The van der Waals surface area contributed by atoms with Crippen LogP contribution in [0.5, 0.6) is 5.88 Å². The number of aromatic amines is 1. The average Bonchev–Trinajstić information content (AvgIpc) is 2.80. The molecule has 0 unspecified atom stereocenters. The van der Waals surface area contributed by atoms with Gasteiger partial charge in [-0.2, -0.15) is 0 Å². The molecule has 0 atom stereocenters. The Kier molecular flexibility index (Phi) is 3.44. The second-order valence-corrected chi connectivity index (χ2v) is 5.42. The Labute approximate surface area is 134 Å². The first-order valence-corrected chi connectivity index (χ1v) is 7.52. The van der Waals surface area contributed by atoms with E-state index in [2.05, 4.69) is 9.98 Å². The van der Waals surface area contributed by atoms with Crippen LogP contribution in [0, 0.1) is 0 Å². The molecule has 0 saturated heterocycles. The summed E-state index contributed by atoms with van der Waals surface area (Å²) >= 11 is 0. The normalized spacial score (nSPS) is 14.0. The maximum atomic E-state index is 10.5. The van der Waals surface area contributed by atoms with E-state index in [1.54, 1.807) is 0 Å². The standard InChI is InChI=1S/C19H16N2O2/c22-19-16-15(17(21-19)13-7-3-1-4-8-13)11-23-12-20-18(16)14-9-5-2-6-10-14/h1-10,21-22H,11-12H2. The third-order valence-corrected chi connectivity index (χ3v) is 3.99. The number of nitrogens with one attached hydrogen (secondary N) is 1. The average molecular weight is 304 g/mol. The summed E-state index contributed by atoms with van der Waals surface area (Å²) in [5.41, 5.74) is 5.29. The monoisotopic (exact) mass is 304 g/mol. The van der Waals surface area contributed by atoms with Gasteiger partial charge in [0.15, 0.2) is 5.88 Å². The summed E-state index contributed by atoms with van der Waals surface area (Å²) in [5.74, 6) is 0.131. The van der Waals surface area contributed by atoms with Gasteiger partial charge in [-0.15, -0.1) is 0 Å². The van der Waals surface area contributed by atoms with Crippen molar-refractivity contribution in [3.8, 4) is 17.1 Å². The van der Waals surface area contributed by atoms with Crippen LogP contribution in [0.4, 0.5) is 0 Å². The number of hydrogen-bond donors (Lipinski definition) is 2. The van der Waals surface area contributed by atoms with Gasteiger partial charge in [-0.1, -0.05) is 60.7 Å². The van der Waals surface area contributed by atoms with Crippen LogP contribution in [0.1, 0.15) is 16.7 Å². The fraction of sp³-hybridized carbons (Fsp3) is 0.105. The summed E-state index contributed by atoms with van der Waals surface area (Å²) in [5, 5.41) is 10.5. The van der Waals surface area contributed by atoms with Gasteiger partial charge in [0.25, 0.3) is 0 Å². The first-order valence-electron chi connectivity index (χ1n) is 7.52. The van der Waals surface area contributed by atoms with Crippen molar-refractivity contribution in [2.75, 3.05) is 6.73 Å². The lowest BCUT2D eigenvalue weighted by molar-refractivity contribution is 0.131. The Balaban J connectivity index is 1.91. The molecule has 0 bridgehead atoms. The van der Waals surface area contributed by atoms with Gasteiger partial charge in [0.05, 0.1) is 23.6 Å².